The zero-order valence-electron chi connectivity index (χ0n) is 12.7. The van der Waals surface area contributed by atoms with E-state index in [0.717, 1.165) is 45.2 Å². The SMILES string of the molecule is CCOCCCN=C(NN)N1CCC(N2CCCC2)C1. The summed E-state index contributed by atoms with van der Waals surface area (Å²) >= 11 is 0. The van der Waals surface area contributed by atoms with Crippen LogP contribution in [0.2, 0.25) is 0 Å². The van der Waals surface area contributed by atoms with E-state index in [1.807, 2.05) is 6.92 Å². The molecule has 1 atom stereocenters. The molecule has 6 nitrogen and oxygen atoms in total. The fourth-order valence-corrected chi connectivity index (χ4v) is 3.07. The maximum Gasteiger partial charge on any atom is 0.208 e. The molecular formula is C14H29N5O. The summed E-state index contributed by atoms with van der Waals surface area (Å²) in [6.07, 6.45) is 4.87. The number of nitrogens with one attached hydrogen (secondary N) is 1. The maximum absolute atomic E-state index is 5.63. The zero-order chi connectivity index (χ0) is 14.2. The highest BCUT2D eigenvalue weighted by atomic mass is 16.5. The van der Waals surface area contributed by atoms with Crippen LogP contribution in [0.3, 0.4) is 0 Å². The van der Waals surface area contributed by atoms with Gasteiger partial charge in [0.05, 0.1) is 0 Å². The summed E-state index contributed by atoms with van der Waals surface area (Å²) in [4.78, 5) is 9.46. The number of rotatable bonds is 6. The van der Waals surface area contributed by atoms with Crippen molar-refractivity contribution in [2.45, 2.75) is 38.6 Å². The van der Waals surface area contributed by atoms with Crippen LogP contribution < -0.4 is 11.3 Å². The van der Waals surface area contributed by atoms with Gasteiger partial charge in [-0.15, -0.1) is 0 Å². The second-order valence-corrected chi connectivity index (χ2v) is 5.53. The van der Waals surface area contributed by atoms with Gasteiger partial charge in [-0.2, -0.15) is 0 Å². The second kappa shape index (κ2) is 8.44. The Hall–Kier alpha value is -0.850. The van der Waals surface area contributed by atoms with E-state index < -0.39 is 0 Å². The molecule has 2 heterocycles. The summed E-state index contributed by atoms with van der Waals surface area (Å²) in [5.41, 5.74) is 2.76. The summed E-state index contributed by atoms with van der Waals surface area (Å²) in [6.45, 7) is 8.95. The first-order valence-corrected chi connectivity index (χ1v) is 7.93. The van der Waals surface area contributed by atoms with Crippen molar-refractivity contribution in [1.82, 2.24) is 15.2 Å². The van der Waals surface area contributed by atoms with Crippen LogP contribution in [0.15, 0.2) is 4.99 Å². The Balaban J connectivity index is 1.75. The van der Waals surface area contributed by atoms with E-state index in [0.29, 0.717) is 6.04 Å². The fraction of sp³-hybridized carbons (Fsp3) is 0.929. The monoisotopic (exact) mass is 283 g/mol. The molecule has 20 heavy (non-hydrogen) atoms. The van der Waals surface area contributed by atoms with Crippen molar-refractivity contribution in [3.63, 3.8) is 0 Å². The van der Waals surface area contributed by atoms with Gasteiger partial charge in [-0.3, -0.25) is 15.3 Å². The summed E-state index contributed by atoms with van der Waals surface area (Å²) in [7, 11) is 0. The Labute approximate surface area is 122 Å². The van der Waals surface area contributed by atoms with E-state index in [1.165, 1.54) is 32.4 Å². The third kappa shape index (κ3) is 4.33. The standard InChI is InChI=1S/C14H29N5O/c1-2-20-11-5-7-16-14(17-15)19-10-6-13(12-19)18-8-3-4-9-18/h13H,2-12,15H2,1H3,(H,16,17). The molecule has 0 saturated carbocycles. The number of hydrazine groups is 1. The molecular weight excluding hydrogens is 254 g/mol. The van der Waals surface area contributed by atoms with Crippen molar-refractivity contribution in [2.24, 2.45) is 10.8 Å². The summed E-state index contributed by atoms with van der Waals surface area (Å²) in [5, 5.41) is 0. The average Bonchev–Trinajstić information content (AvgIpc) is 3.12. The Bertz CT molecular complexity index is 304. The van der Waals surface area contributed by atoms with Gasteiger partial charge in [0, 0.05) is 38.9 Å². The lowest BCUT2D eigenvalue weighted by Crippen LogP contribution is -2.45. The molecule has 0 amide bonds. The number of ether oxygens (including phenoxy) is 1. The number of hydrogen-bond acceptors (Lipinski definition) is 4. The topological polar surface area (TPSA) is 66.1 Å². The number of aliphatic imine (C=N–C) groups is 1. The van der Waals surface area contributed by atoms with E-state index >= 15 is 0 Å². The van der Waals surface area contributed by atoms with E-state index in [4.69, 9.17) is 10.6 Å². The molecule has 0 spiro atoms. The molecule has 2 saturated heterocycles. The van der Waals surface area contributed by atoms with Gasteiger partial charge in [0.2, 0.25) is 5.96 Å². The third-order valence-electron chi connectivity index (χ3n) is 4.16. The van der Waals surface area contributed by atoms with Crippen LogP contribution in [0.5, 0.6) is 0 Å². The van der Waals surface area contributed by atoms with E-state index in [2.05, 4.69) is 20.2 Å². The van der Waals surface area contributed by atoms with Crippen molar-refractivity contribution in [1.29, 1.82) is 0 Å². The molecule has 0 aromatic heterocycles. The largest absolute Gasteiger partial charge is 0.382 e. The van der Waals surface area contributed by atoms with Gasteiger partial charge >= 0.3 is 0 Å². The lowest BCUT2D eigenvalue weighted by atomic mass is 10.2. The number of nitrogens with zero attached hydrogens (tertiary/aromatic N) is 3. The number of hydrogen-bond donors (Lipinski definition) is 2. The summed E-state index contributed by atoms with van der Waals surface area (Å²) in [6, 6.07) is 0.680. The normalized spacial score (nSPS) is 24.6. The molecule has 0 bridgehead atoms. The fourth-order valence-electron chi connectivity index (χ4n) is 3.07. The van der Waals surface area contributed by atoms with Gasteiger partial charge in [0.25, 0.3) is 0 Å². The van der Waals surface area contributed by atoms with Crippen LogP contribution in [0, 0.1) is 0 Å². The molecule has 3 N–H and O–H groups in total. The first-order chi connectivity index (χ1) is 9.85. The highest BCUT2D eigenvalue weighted by Crippen LogP contribution is 2.20. The Kier molecular flexibility index (Phi) is 6.56. The molecule has 2 aliphatic rings. The van der Waals surface area contributed by atoms with Crippen LogP contribution in [0.25, 0.3) is 0 Å². The van der Waals surface area contributed by atoms with Crippen LogP contribution in [0.4, 0.5) is 0 Å². The van der Waals surface area contributed by atoms with Crippen molar-refractivity contribution < 1.29 is 4.74 Å². The van der Waals surface area contributed by atoms with E-state index in [9.17, 15) is 0 Å². The van der Waals surface area contributed by atoms with Gasteiger partial charge in [-0.25, -0.2) is 5.84 Å². The lowest BCUT2D eigenvalue weighted by molar-refractivity contribution is 0.146. The highest BCUT2D eigenvalue weighted by molar-refractivity contribution is 5.79. The van der Waals surface area contributed by atoms with Crippen LogP contribution in [-0.2, 0) is 4.74 Å². The summed E-state index contributed by atoms with van der Waals surface area (Å²) in [5.74, 6) is 6.46. The van der Waals surface area contributed by atoms with Gasteiger partial charge in [0.15, 0.2) is 0 Å². The van der Waals surface area contributed by atoms with Crippen molar-refractivity contribution >= 4 is 5.96 Å². The Morgan fingerprint density at radius 3 is 2.85 bits per heavy atom. The predicted molar refractivity (Wildman–Crippen MR) is 81.5 cm³/mol. The number of guanidine groups is 1. The predicted octanol–water partition coefficient (Wildman–Crippen LogP) is 0.402. The second-order valence-electron chi connectivity index (χ2n) is 5.53. The quantitative estimate of drug-likeness (QED) is 0.243. The number of nitrogens with two attached hydrogens (primary N) is 1. The minimum absolute atomic E-state index is 0.680. The average molecular weight is 283 g/mol. The van der Waals surface area contributed by atoms with Crippen LogP contribution in [-0.4, -0.2) is 67.7 Å². The maximum atomic E-state index is 5.63. The van der Waals surface area contributed by atoms with Gasteiger partial charge in [-0.05, 0) is 45.7 Å². The molecule has 2 aliphatic heterocycles. The first kappa shape index (κ1) is 15.5. The van der Waals surface area contributed by atoms with Gasteiger partial charge in [-0.1, -0.05) is 0 Å². The lowest BCUT2D eigenvalue weighted by Gasteiger charge is -2.24. The zero-order valence-corrected chi connectivity index (χ0v) is 12.7. The third-order valence-corrected chi connectivity index (χ3v) is 4.16. The molecule has 0 radical (unpaired) electrons. The molecule has 0 aromatic carbocycles. The van der Waals surface area contributed by atoms with Crippen molar-refractivity contribution in [2.75, 3.05) is 45.9 Å². The molecule has 0 aliphatic carbocycles. The molecule has 6 heteroatoms. The Morgan fingerprint density at radius 1 is 1.35 bits per heavy atom. The minimum atomic E-state index is 0.680. The molecule has 2 rings (SSSR count). The highest BCUT2D eigenvalue weighted by Gasteiger charge is 2.30. The van der Waals surface area contributed by atoms with Crippen LogP contribution >= 0.6 is 0 Å². The smallest absolute Gasteiger partial charge is 0.208 e. The van der Waals surface area contributed by atoms with E-state index in [-0.39, 0.29) is 0 Å². The van der Waals surface area contributed by atoms with Crippen LogP contribution in [0.1, 0.15) is 32.6 Å². The Morgan fingerprint density at radius 2 is 2.15 bits per heavy atom. The summed E-state index contributed by atoms with van der Waals surface area (Å²) < 4.78 is 5.32. The first-order valence-electron chi connectivity index (χ1n) is 7.93. The van der Waals surface area contributed by atoms with Gasteiger partial charge < -0.3 is 9.64 Å². The molecule has 0 aromatic rings. The minimum Gasteiger partial charge on any atom is -0.382 e. The van der Waals surface area contributed by atoms with Crippen molar-refractivity contribution in [3.05, 3.63) is 0 Å². The number of likely N-dealkylation sites (tertiary alicyclic amines) is 2. The molecule has 116 valence electrons. The van der Waals surface area contributed by atoms with Crippen molar-refractivity contribution in [3.8, 4) is 0 Å². The van der Waals surface area contributed by atoms with E-state index in [1.54, 1.807) is 0 Å². The molecule has 2 fully saturated rings. The van der Waals surface area contributed by atoms with Gasteiger partial charge in [0.1, 0.15) is 0 Å². The molecule has 1 unspecified atom stereocenters.